The van der Waals surface area contributed by atoms with Gasteiger partial charge in [0.2, 0.25) is 0 Å². The average Bonchev–Trinajstić information content (AvgIpc) is 2.70. The number of ether oxygens (including phenoxy) is 1. The molecule has 0 aliphatic heterocycles. The Morgan fingerprint density at radius 3 is 2.22 bits per heavy atom. The third kappa shape index (κ3) is 5.63. The molecule has 0 radical (unpaired) electrons. The molecule has 1 aromatic rings. The molecule has 0 fully saturated rings. The molecule has 0 spiro atoms. The van der Waals surface area contributed by atoms with Crippen molar-refractivity contribution in [3.8, 4) is 17.9 Å². The van der Waals surface area contributed by atoms with Crippen LogP contribution in [0.5, 0.6) is 5.75 Å². The van der Waals surface area contributed by atoms with Gasteiger partial charge in [-0.05, 0) is 44.4 Å². The summed E-state index contributed by atoms with van der Waals surface area (Å²) in [6, 6.07) is 7.91. The minimum Gasteiger partial charge on any atom is -0.458 e. The number of nitrogens with zero attached hydrogens (tertiary/aromatic N) is 3. The van der Waals surface area contributed by atoms with Crippen LogP contribution in [-0.4, -0.2) is 13.1 Å². The van der Waals surface area contributed by atoms with Crippen molar-refractivity contribution in [1.82, 2.24) is 0 Å². The zero-order chi connectivity index (χ0) is 19.6. The lowest BCUT2D eigenvalue weighted by molar-refractivity contribution is 0.399. The Bertz CT molecular complexity index is 785. The molecule has 1 aromatic carbocycles. The van der Waals surface area contributed by atoms with Crippen molar-refractivity contribution in [2.45, 2.75) is 59.3 Å². The fourth-order valence-corrected chi connectivity index (χ4v) is 3.09. The largest absolute Gasteiger partial charge is 0.458 e. The Morgan fingerprint density at radius 2 is 1.70 bits per heavy atom. The molecule has 0 amide bonds. The van der Waals surface area contributed by atoms with E-state index in [1.165, 1.54) is 5.57 Å². The number of benzene rings is 1. The van der Waals surface area contributed by atoms with E-state index >= 15 is 0 Å². The van der Waals surface area contributed by atoms with Gasteiger partial charge in [-0.25, -0.2) is 0 Å². The first-order valence-electron chi connectivity index (χ1n) is 9.90. The standard InChI is InChI=1S/C23H29N3O/c1-4-6-12-26(13-7-5-2)22-15-19(16-24)14-20(17-25)23(22)27-21-10-8-18(3)9-11-21/h8,10,14-15H,4-7,9,11-13H2,1-3H3. The van der Waals surface area contributed by atoms with Crippen LogP contribution >= 0.6 is 0 Å². The summed E-state index contributed by atoms with van der Waals surface area (Å²) in [6.45, 7) is 8.24. The van der Waals surface area contributed by atoms with Gasteiger partial charge in [-0.2, -0.15) is 10.5 Å². The molecule has 0 saturated heterocycles. The molecule has 0 saturated carbocycles. The fourth-order valence-electron chi connectivity index (χ4n) is 3.09. The van der Waals surface area contributed by atoms with Gasteiger partial charge in [-0.3, -0.25) is 0 Å². The Balaban J connectivity index is 2.48. The maximum Gasteiger partial charge on any atom is 0.168 e. The molecule has 1 aliphatic carbocycles. The first-order valence-corrected chi connectivity index (χ1v) is 9.90. The van der Waals surface area contributed by atoms with Gasteiger partial charge < -0.3 is 9.64 Å². The molecular formula is C23H29N3O. The summed E-state index contributed by atoms with van der Waals surface area (Å²) in [5.74, 6) is 1.46. The number of hydrogen-bond acceptors (Lipinski definition) is 4. The van der Waals surface area contributed by atoms with Crippen molar-refractivity contribution in [3.05, 3.63) is 46.7 Å². The molecule has 0 heterocycles. The summed E-state index contributed by atoms with van der Waals surface area (Å²) in [7, 11) is 0. The SMILES string of the molecule is CCCCN(CCCC)c1cc(C#N)cc(C#N)c1OC1=CC=C(C)CC1. The van der Waals surface area contributed by atoms with Crippen LogP contribution in [0.15, 0.2) is 35.6 Å². The lowest BCUT2D eigenvalue weighted by atomic mass is 10.0. The van der Waals surface area contributed by atoms with Crippen molar-refractivity contribution in [1.29, 1.82) is 10.5 Å². The van der Waals surface area contributed by atoms with Crippen LogP contribution in [0.4, 0.5) is 5.69 Å². The molecule has 0 unspecified atom stereocenters. The quantitative estimate of drug-likeness (QED) is 0.553. The van der Waals surface area contributed by atoms with E-state index in [1.54, 1.807) is 6.07 Å². The van der Waals surface area contributed by atoms with E-state index in [0.717, 1.165) is 63.1 Å². The minimum atomic E-state index is 0.425. The highest BCUT2D eigenvalue weighted by Crippen LogP contribution is 2.36. The number of rotatable bonds is 9. The van der Waals surface area contributed by atoms with Crippen LogP contribution in [0.3, 0.4) is 0 Å². The van der Waals surface area contributed by atoms with E-state index in [2.05, 4.69) is 43.9 Å². The van der Waals surface area contributed by atoms with Gasteiger partial charge in [0.15, 0.2) is 5.75 Å². The van der Waals surface area contributed by atoms with Crippen LogP contribution < -0.4 is 9.64 Å². The van der Waals surface area contributed by atoms with E-state index in [1.807, 2.05) is 12.1 Å². The first kappa shape index (κ1) is 20.6. The minimum absolute atomic E-state index is 0.425. The maximum absolute atomic E-state index is 9.68. The third-order valence-electron chi connectivity index (χ3n) is 4.78. The second-order valence-electron chi connectivity index (χ2n) is 7.04. The summed E-state index contributed by atoms with van der Waals surface area (Å²) in [5, 5.41) is 19.1. The van der Waals surface area contributed by atoms with E-state index in [-0.39, 0.29) is 0 Å². The van der Waals surface area contributed by atoms with Crippen LogP contribution in [-0.2, 0) is 0 Å². The summed E-state index contributed by atoms with van der Waals surface area (Å²) in [4.78, 5) is 2.27. The highest BCUT2D eigenvalue weighted by Gasteiger charge is 2.20. The molecular weight excluding hydrogens is 334 g/mol. The Morgan fingerprint density at radius 1 is 1.00 bits per heavy atom. The van der Waals surface area contributed by atoms with Gasteiger partial charge in [0.05, 0.1) is 22.9 Å². The van der Waals surface area contributed by atoms with Gasteiger partial charge >= 0.3 is 0 Å². The Hall–Kier alpha value is -2.72. The van der Waals surface area contributed by atoms with Crippen LogP contribution in [0.2, 0.25) is 0 Å². The normalized spacial score (nSPS) is 13.2. The summed E-state index contributed by atoms with van der Waals surface area (Å²) >= 11 is 0. The van der Waals surface area contributed by atoms with Gasteiger partial charge in [0, 0.05) is 19.5 Å². The second-order valence-corrected chi connectivity index (χ2v) is 7.04. The number of unbranched alkanes of at least 4 members (excludes halogenated alkanes) is 2. The highest BCUT2D eigenvalue weighted by molar-refractivity contribution is 5.68. The number of allylic oxidation sites excluding steroid dienone is 4. The maximum atomic E-state index is 9.68. The van der Waals surface area contributed by atoms with Crippen LogP contribution in [0.25, 0.3) is 0 Å². The van der Waals surface area contributed by atoms with Crippen molar-refractivity contribution in [2.75, 3.05) is 18.0 Å². The molecule has 0 bridgehead atoms. The van der Waals surface area contributed by atoms with Crippen molar-refractivity contribution in [3.63, 3.8) is 0 Å². The van der Waals surface area contributed by atoms with Crippen molar-refractivity contribution >= 4 is 5.69 Å². The number of nitriles is 2. The number of anilines is 1. The zero-order valence-electron chi connectivity index (χ0n) is 16.7. The number of hydrogen-bond donors (Lipinski definition) is 0. The molecule has 2 rings (SSSR count). The lowest BCUT2D eigenvalue weighted by Crippen LogP contribution is -2.26. The molecule has 0 N–H and O–H groups in total. The van der Waals surface area contributed by atoms with E-state index in [0.29, 0.717) is 16.9 Å². The highest BCUT2D eigenvalue weighted by atomic mass is 16.5. The predicted octanol–water partition coefficient (Wildman–Crippen LogP) is 5.84. The summed E-state index contributed by atoms with van der Waals surface area (Å²) < 4.78 is 6.24. The molecule has 27 heavy (non-hydrogen) atoms. The molecule has 0 atom stereocenters. The first-order chi connectivity index (χ1) is 13.1. The van der Waals surface area contributed by atoms with Gasteiger partial charge in [0.1, 0.15) is 11.8 Å². The van der Waals surface area contributed by atoms with Crippen LogP contribution in [0.1, 0.15) is 70.4 Å². The molecule has 142 valence electrons. The molecule has 1 aliphatic rings. The van der Waals surface area contributed by atoms with Crippen molar-refractivity contribution in [2.24, 2.45) is 0 Å². The third-order valence-corrected chi connectivity index (χ3v) is 4.78. The van der Waals surface area contributed by atoms with Crippen LogP contribution in [0, 0.1) is 22.7 Å². The van der Waals surface area contributed by atoms with Gasteiger partial charge in [-0.15, -0.1) is 0 Å². The van der Waals surface area contributed by atoms with E-state index < -0.39 is 0 Å². The van der Waals surface area contributed by atoms with E-state index in [9.17, 15) is 10.5 Å². The zero-order valence-corrected chi connectivity index (χ0v) is 16.7. The monoisotopic (exact) mass is 363 g/mol. The predicted molar refractivity (Wildman–Crippen MR) is 110 cm³/mol. The molecule has 0 aromatic heterocycles. The van der Waals surface area contributed by atoms with Gasteiger partial charge in [0.25, 0.3) is 0 Å². The second kappa shape index (κ2) is 10.4. The Labute approximate surface area is 163 Å². The molecule has 4 heteroatoms. The average molecular weight is 364 g/mol. The fraction of sp³-hybridized carbons (Fsp3) is 0.478. The Kier molecular flexibility index (Phi) is 7.96. The summed E-state index contributed by atoms with van der Waals surface area (Å²) in [5.41, 5.74) is 3.12. The lowest BCUT2D eigenvalue weighted by Gasteiger charge is -2.28. The topological polar surface area (TPSA) is 60.0 Å². The summed E-state index contributed by atoms with van der Waals surface area (Å²) in [6.07, 6.45) is 10.2. The van der Waals surface area contributed by atoms with Gasteiger partial charge in [-0.1, -0.05) is 38.3 Å². The van der Waals surface area contributed by atoms with Crippen molar-refractivity contribution < 1.29 is 4.74 Å². The van der Waals surface area contributed by atoms with E-state index in [4.69, 9.17) is 4.74 Å². The molecule has 4 nitrogen and oxygen atoms in total. The smallest absolute Gasteiger partial charge is 0.168 e.